The largest absolute Gasteiger partial charge is 0.467 e. The second kappa shape index (κ2) is 9.98. The Morgan fingerprint density at radius 1 is 1.12 bits per heavy atom. The minimum atomic E-state index is -4.22. The molecule has 1 aliphatic rings. The number of nitrogens with zero attached hydrogens (tertiary/aromatic N) is 1. The predicted molar refractivity (Wildman–Crippen MR) is 114 cm³/mol. The molecule has 0 radical (unpaired) electrons. The minimum absolute atomic E-state index is 0.0165. The Morgan fingerprint density at radius 3 is 2.19 bits per heavy atom. The summed E-state index contributed by atoms with van der Waals surface area (Å²) in [5.41, 5.74) is 0.534. The van der Waals surface area contributed by atoms with Gasteiger partial charge in [-0.25, -0.2) is 27.5 Å². The lowest BCUT2D eigenvalue weighted by atomic mass is 10.0. The number of carbonyl (C=O) groups is 4. The number of rotatable bonds is 8. The average molecular weight is 469 g/mol. The van der Waals surface area contributed by atoms with E-state index < -0.39 is 40.1 Å². The number of methoxy groups -OCH3 is 1. The third-order valence-corrected chi connectivity index (χ3v) is 6.28. The standard InChI is InChI=1S/C20H28N4O7S/c1-11(2)15-17(25)24(20(28)22-15)10-13-6-8-14(9-7-13)32(29,30)23-19(27)21-16(12(3)4)18(26)31-5/h6-9,11-12,15-16H,10H2,1-5H3,(H,22,28)(H2,21,23,27)/t15-,16+/m0/s1. The Bertz CT molecular complexity index is 990. The van der Waals surface area contributed by atoms with Gasteiger partial charge in [-0.05, 0) is 29.5 Å². The van der Waals surface area contributed by atoms with Crippen molar-refractivity contribution in [2.75, 3.05) is 7.11 Å². The van der Waals surface area contributed by atoms with Gasteiger partial charge in [-0.1, -0.05) is 39.8 Å². The van der Waals surface area contributed by atoms with Crippen LogP contribution in [0, 0.1) is 11.8 Å². The molecule has 5 amide bonds. The first kappa shape index (κ1) is 25.1. The normalized spacial score (nSPS) is 17.3. The number of carbonyl (C=O) groups excluding carboxylic acids is 4. The Morgan fingerprint density at radius 2 is 1.72 bits per heavy atom. The highest BCUT2D eigenvalue weighted by atomic mass is 32.2. The van der Waals surface area contributed by atoms with Gasteiger partial charge >= 0.3 is 18.0 Å². The van der Waals surface area contributed by atoms with E-state index in [0.717, 1.165) is 12.0 Å². The molecule has 32 heavy (non-hydrogen) atoms. The summed E-state index contributed by atoms with van der Waals surface area (Å²) in [6.45, 7) is 6.97. The van der Waals surface area contributed by atoms with Gasteiger partial charge in [0.15, 0.2) is 0 Å². The Kier molecular flexibility index (Phi) is 7.83. The molecule has 1 aromatic rings. The summed E-state index contributed by atoms with van der Waals surface area (Å²) >= 11 is 0. The Hall–Kier alpha value is -3.15. The van der Waals surface area contributed by atoms with Crippen LogP contribution in [-0.2, 0) is 30.9 Å². The van der Waals surface area contributed by atoms with Gasteiger partial charge in [-0.15, -0.1) is 0 Å². The highest BCUT2D eigenvalue weighted by molar-refractivity contribution is 7.90. The monoisotopic (exact) mass is 468 g/mol. The number of amides is 5. The topological polar surface area (TPSA) is 151 Å². The van der Waals surface area contributed by atoms with Gasteiger partial charge in [-0.2, -0.15) is 0 Å². The van der Waals surface area contributed by atoms with E-state index in [1.54, 1.807) is 13.8 Å². The van der Waals surface area contributed by atoms with Crippen LogP contribution in [0.1, 0.15) is 33.3 Å². The molecule has 1 aromatic carbocycles. The van der Waals surface area contributed by atoms with Crippen LogP contribution in [0.25, 0.3) is 0 Å². The van der Waals surface area contributed by atoms with Gasteiger partial charge < -0.3 is 15.4 Å². The summed E-state index contributed by atoms with van der Waals surface area (Å²) in [5.74, 6) is -1.42. The van der Waals surface area contributed by atoms with E-state index >= 15 is 0 Å². The SMILES string of the molecule is COC(=O)[C@H](NC(=O)NS(=O)(=O)c1ccc(CN2C(=O)N[C@@H](C(C)C)C2=O)cc1)C(C)C. The molecule has 1 fully saturated rings. The van der Waals surface area contributed by atoms with Crippen molar-refractivity contribution in [1.82, 2.24) is 20.3 Å². The highest BCUT2D eigenvalue weighted by Crippen LogP contribution is 2.18. The smallest absolute Gasteiger partial charge is 0.329 e. The van der Waals surface area contributed by atoms with Crippen molar-refractivity contribution in [3.63, 3.8) is 0 Å². The van der Waals surface area contributed by atoms with Gasteiger partial charge in [-0.3, -0.25) is 9.69 Å². The van der Waals surface area contributed by atoms with Crippen LogP contribution in [0.15, 0.2) is 29.2 Å². The van der Waals surface area contributed by atoms with Gasteiger partial charge in [0.2, 0.25) is 0 Å². The molecule has 2 rings (SSSR count). The molecule has 0 unspecified atom stereocenters. The van der Waals surface area contributed by atoms with Crippen LogP contribution in [0.3, 0.4) is 0 Å². The molecule has 0 saturated carbocycles. The molecule has 1 aliphatic heterocycles. The molecular formula is C20H28N4O7S. The zero-order valence-corrected chi connectivity index (χ0v) is 19.4. The first-order valence-corrected chi connectivity index (χ1v) is 11.5. The number of urea groups is 2. The number of nitrogens with one attached hydrogen (secondary N) is 3. The highest BCUT2D eigenvalue weighted by Gasteiger charge is 2.39. The van der Waals surface area contributed by atoms with E-state index in [1.165, 1.54) is 24.3 Å². The van der Waals surface area contributed by atoms with Crippen LogP contribution in [-0.4, -0.2) is 56.4 Å². The second-order valence-corrected chi connectivity index (χ2v) is 9.75. The first-order valence-electron chi connectivity index (χ1n) is 9.99. The van der Waals surface area contributed by atoms with Crippen molar-refractivity contribution in [1.29, 1.82) is 0 Å². The van der Waals surface area contributed by atoms with Crippen LogP contribution in [0.2, 0.25) is 0 Å². The van der Waals surface area contributed by atoms with E-state index in [1.807, 2.05) is 18.6 Å². The fourth-order valence-electron chi connectivity index (χ4n) is 3.08. The maximum absolute atomic E-state index is 12.5. The van der Waals surface area contributed by atoms with Crippen molar-refractivity contribution >= 4 is 34.0 Å². The summed E-state index contributed by atoms with van der Waals surface area (Å²) in [7, 11) is -3.06. The van der Waals surface area contributed by atoms with Gasteiger partial charge in [0, 0.05) is 0 Å². The summed E-state index contributed by atoms with van der Waals surface area (Å²) in [4.78, 5) is 49.2. The number of sulfonamides is 1. The molecule has 0 bridgehead atoms. The molecule has 1 saturated heterocycles. The van der Waals surface area contributed by atoms with Gasteiger partial charge in [0.25, 0.3) is 15.9 Å². The third-order valence-electron chi connectivity index (χ3n) is 4.93. The van der Waals surface area contributed by atoms with E-state index in [4.69, 9.17) is 0 Å². The maximum Gasteiger partial charge on any atom is 0.329 e. The number of benzene rings is 1. The lowest BCUT2D eigenvalue weighted by Crippen LogP contribution is -2.50. The zero-order valence-electron chi connectivity index (χ0n) is 18.5. The first-order chi connectivity index (χ1) is 14.9. The summed E-state index contributed by atoms with van der Waals surface area (Å²) in [5, 5.41) is 4.90. The molecule has 1 heterocycles. The molecule has 176 valence electrons. The maximum atomic E-state index is 12.5. The predicted octanol–water partition coefficient (Wildman–Crippen LogP) is 0.949. The summed E-state index contributed by atoms with van der Waals surface area (Å²) in [6, 6.07) is 2.21. The second-order valence-electron chi connectivity index (χ2n) is 8.06. The number of esters is 1. The van der Waals surface area contributed by atoms with Gasteiger partial charge in [0.1, 0.15) is 12.1 Å². The van der Waals surface area contributed by atoms with Crippen LogP contribution < -0.4 is 15.4 Å². The Balaban J connectivity index is 2.06. The number of ether oxygens (including phenoxy) is 1. The zero-order chi connectivity index (χ0) is 24.2. The summed E-state index contributed by atoms with van der Waals surface area (Å²) in [6.07, 6.45) is 0. The minimum Gasteiger partial charge on any atom is -0.467 e. The van der Waals surface area contributed by atoms with Crippen LogP contribution in [0.5, 0.6) is 0 Å². The molecular weight excluding hydrogens is 440 g/mol. The van der Waals surface area contributed by atoms with Crippen LogP contribution >= 0.6 is 0 Å². The van der Waals surface area contributed by atoms with Crippen molar-refractivity contribution in [2.24, 2.45) is 11.8 Å². The van der Waals surface area contributed by atoms with Crippen LogP contribution in [0.4, 0.5) is 9.59 Å². The van der Waals surface area contributed by atoms with Crippen molar-refractivity contribution in [2.45, 2.75) is 51.2 Å². The number of hydrogen-bond donors (Lipinski definition) is 3. The Labute approximate surface area is 186 Å². The van der Waals surface area contributed by atoms with E-state index in [2.05, 4.69) is 15.4 Å². The molecule has 0 spiro atoms. The van der Waals surface area contributed by atoms with Crippen molar-refractivity contribution in [3.05, 3.63) is 29.8 Å². The van der Waals surface area contributed by atoms with E-state index in [-0.39, 0.29) is 29.2 Å². The molecule has 0 aromatic heterocycles. The molecule has 0 aliphatic carbocycles. The molecule has 3 N–H and O–H groups in total. The fraction of sp³-hybridized carbons (Fsp3) is 0.500. The lowest BCUT2D eigenvalue weighted by Gasteiger charge is -2.20. The quantitative estimate of drug-likeness (QED) is 0.379. The van der Waals surface area contributed by atoms with Gasteiger partial charge in [0.05, 0.1) is 18.6 Å². The molecule has 12 heteroatoms. The summed E-state index contributed by atoms with van der Waals surface area (Å²) < 4.78 is 31.4. The van der Waals surface area contributed by atoms with E-state index in [0.29, 0.717) is 5.56 Å². The third kappa shape index (κ3) is 5.75. The number of hydrogen-bond acceptors (Lipinski definition) is 7. The average Bonchev–Trinajstić information content (AvgIpc) is 2.99. The molecule has 2 atom stereocenters. The van der Waals surface area contributed by atoms with Crippen molar-refractivity contribution < 1.29 is 32.3 Å². The van der Waals surface area contributed by atoms with E-state index in [9.17, 15) is 27.6 Å². The fourth-order valence-corrected chi connectivity index (χ4v) is 3.99. The molecule has 11 nitrogen and oxygen atoms in total. The number of imide groups is 1. The van der Waals surface area contributed by atoms with Crippen molar-refractivity contribution in [3.8, 4) is 0 Å². The lowest BCUT2D eigenvalue weighted by molar-refractivity contribution is -0.144.